The van der Waals surface area contributed by atoms with Crippen LogP contribution in [0.2, 0.25) is 5.15 Å². The number of imidazole rings is 1. The molecule has 2 N–H and O–H groups in total. The van der Waals surface area contributed by atoms with Crippen molar-refractivity contribution in [3.63, 3.8) is 0 Å². The molecule has 12 nitrogen and oxygen atoms in total. The Bertz CT molecular complexity index is 1290. The van der Waals surface area contributed by atoms with Crippen LogP contribution in [-0.2, 0) is 11.2 Å². The molecule has 0 aliphatic carbocycles. The number of carbonyl (C=O) groups is 2. The second kappa shape index (κ2) is 13.8. The number of urea groups is 1. The third-order valence-corrected chi connectivity index (χ3v) is 6.81. The fourth-order valence-electron chi connectivity index (χ4n) is 4.59. The molecule has 40 heavy (non-hydrogen) atoms. The number of hydrogen-bond donors (Lipinski definition) is 2. The topological polar surface area (TPSA) is 127 Å². The normalized spacial score (nSPS) is 15.1. The summed E-state index contributed by atoms with van der Waals surface area (Å²) in [5, 5.41) is 6.21. The minimum Gasteiger partial charge on any atom is -0.497 e. The van der Waals surface area contributed by atoms with E-state index in [1.54, 1.807) is 48.5 Å². The largest absolute Gasteiger partial charge is 0.497 e. The maximum atomic E-state index is 13.1. The van der Waals surface area contributed by atoms with E-state index < -0.39 is 0 Å². The Labute approximate surface area is 238 Å². The molecule has 0 saturated carbocycles. The van der Waals surface area contributed by atoms with Crippen LogP contribution in [0.4, 0.5) is 10.6 Å². The molecule has 3 aromatic rings. The first-order valence-corrected chi connectivity index (χ1v) is 13.6. The first-order valence-electron chi connectivity index (χ1n) is 13.2. The van der Waals surface area contributed by atoms with Crippen LogP contribution in [0, 0.1) is 0 Å². The summed E-state index contributed by atoms with van der Waals surface area (Å²) >= 11 is 6.36. The van der Waals surface area contributed by atoms with Gasteiger partial charge in [-0.1, -0.05) is 18.5 Å². The number of methoxy groups -OCH3 is 2. The molecular weight excluding hydrogens is 536 g/mol. The number of halogens is 1. The van der Waals surface area contributed by atoms with E-state index in [0.29, 0.717) is 50.9 Å². The summed E-state index contributed by atoms with van der Waals surface area (Å²) in [6.07, 6.45) is 6.52. The lowest BCUT2D eigenvalue weighted by molar-refractivity contribution is -0.121. The Morgan fingerprint density at radius 1 is 1.10 bits per heavy atom. The average Bonchev–Trinajstić information content (AvgIpc) is 3.51. The second-order valence-corrected chi connectivity index (χ2v) is 9.71. The van der Waals surface area contributed by atoms with Crippen LogP contribution < -0.4 is 25.0 Å². The third kappa shape index (κ3) is 7.32. The minimum absolute atomic E-state index is 0.136. The molecule has 2 aromatic heterocycles. The number of nitrogens with zero attached hydrogens (tertiary/aromatic N) is 6. The predicted molar refractivity (Wildman–Crippen MR) is 151 cm³/mol. The number of aromatic nitrogens is 4. The summed E-state index contributed by atoms with van der Waals surface area (Å²) < 4.78 is 12.4. The Morgan fingerprint density at radius 3 is 2.67 bits per heavy atom. The number of carbonyl (C=O) groups excluding carboxylic acids is 2. The van der Waals surface area contributed by atoms with Crippen LogP contribution in [-0.4, -0.2) is 89.3 Å². The fourth-order valence-corrected chi connectivity index (χ4v) is 4.77. The molecule has 1 aliphatic heterocycles. The lowest BCUT2D eigenvalue weighted by atomic mass is 10.1. The highest BCUT2D eigenvalue weighted by Gasteiger charge is 2.32. The van der Waals surface area contributed by atoms with Crippen molar-refractivity contribution in [1.82, 2.24) is 35.1 Å². The van der Waals surface area contributed by atoms with E-state index in [4.69, 9.17) is 26.1 Å². The fraction of sp³-hybridized carbons (Fsp3) is 0.444. The summed E-state index contributed by atoms with van der Waals surface area (Å²) in [5.74, 6) is 2.27. The SMILES string of the molecule is CCCNC(=O)N1CCN(c2cc(Cl)nc(-n3ccnc3)n2)C(CC(=O)NCCc2cc(OC)ccc2OC)C1. The molecule has 1 aromatic carbocycles. The second-order valence-electron chi connectivity index (χ2n) is 9.33. The van der Waals surface area contributed by atoms with Crippen molar-refractivity contribution in [1.29, 1.82) is 0 Å². The van der Waals surface area contributed by atoms with Crippen LogP contribution in [0.5, 0.6) is 11.5 Å². The highest BCUT2D eigenvalue weighted by Crippen LogP contribution is 2.25. The highest BCUT2D eigenvalue weighted by molar-refractivity contribution is 6.29. The zero-order valence-corrected chi connectivity index (χ0v) is 23.7. The minimum atomic E-state index is -0.325. The number of benzene rings is 1. The Balaban J connectivity index is 1.48. The van der Waals surface area contributed by atoms with E-state index in [9.17, 15) is 9.59 Å². The van der Waals surface area contributed by atoms with Gasteiger partial charge in [-0.05, 0) is 36.6 Å². The summed E-state index contributed by atoms with van der Waals surface area (Å²) in [7, 11) is 3.22. The van der Waals surface area contributed by atoms with Crippen molar-refractivity contribution >= 4 is 29.4 Å². The molecule has 4 rings (SSSR count). The van der Waals surface area contributed by atoms with Crippen LogP contribution in [0.15, 0.2) is 43.0 Å². The molecule has 1 unspecified atom stereocenters. The molecule has 3 amide bonds. The smallest absolute Gasteiger partial charge is 0.317 e. The summed E-state index contributed by atoms with van der Waals surface area (Å²) in [6.45, 7) is 4.33. The van der Waals surface area contributed by atoms with Gasteiger partial charge in [-0.25, -0.2) is 14.8 Å². The monoisotopic (exact) mass is 570 g/mol. The number of rotatable bonds is 11. The average molecular weight is 571 g/mol. The highest BCUT2D eigenvalue weighted by atomic mass is 35.5. The van der Waals surface area contributed by atoms with Gasteiger partial charge in [0, 0.05) is 57.6 Å². The third-order valence-electron chi connectivity index (χ3n) is 6.62. The Hall–Kier alpha value is -4.06. The standard InChI is InChI=1S/C27H35ClN8O4/c1-4-8-31-27(38)34-12-13-36(24-16-23(28)32-26(33-24)35-11-10-29-18-35)20(17-34)15-25(37)30-9-7-19-14-21(39-2)5-6-22(19)40-3/h5-6,10-11,14,16,18,20H,4,7-9,12-13,15,17H2,1-3H3,(H,30,37)(H,31,38). The first-order chi connectivity index (χ1) is 19.4. The van der Waals surface area contributed by atoms with E-state index in [2.05, 4.69) is 20.6 Å². The molecule has 1 aliphatic rings. The number of piperazine rings is 1. The maximum Gasteiger partial charge on any atom is 0.317 e. The molecule has 1 saturated heterocycles. The van der Waals surface area contributed by atoms with Crippen molar-refractivity contribution in [2.45, 2.75) is 32.2 Å². The van der Waals surface area contributed by atoms with Gasteiger partial charge in [-0.15, -0.1) is 0 Å². The molecular formula is C27H35ClN8O4. The molecule has 0 spiro atoms. The first kappa shape index (κ1) is 28.9. The van der Waals surface area contributed by atoms with Crippen molar-refractivity contribution in [2.75, 3.05) is 51.8 Å². The van der Waals surface area contributed by atoms with Gasteiger partial charge in [-0.2, -0.15) is 4.98 Å². The van der Waals surface area contributed by atoms with Gasteiger partial charge < -0.3 is 29.9 Å². The molecule has 13 heteroatoms. The maximum absolute atomic E-state index is 13.1. The number of nitrogens with one attached hydrogen (secondary N) is 2. The van der Waals surface area contributed by atoms with Gasteiger partial charge in [-0.3, -0.25) is 9.36 Å². The lowest BCUT2D eigenvalue weighted by Gasteiger charge is -2.42. The van der Waals surface area contributed by atoms with Crippen molar-refractivity contribution < 1.29 is 19.1 Å². The van der Waals surface area contributed by atoms with E-state index in [-0.39, 0.29) is 29.6 Å². The van der Waals surface area contributed by atoms with Gasteiger partial charge in [0.1, 0.15) is 28.8 Å². The van der Waals surface area contributed by atoms with Crippen LogP contribution >= 0.6 is 11.6 Å². The van der Waals surface area contributed by atoms with Gasteiger partial charge >= 0.3 is 6.03 Å². The summed E-state index contributed by atoms with van der Waals surface area (Å²) in [5.41, 5.74) is 0.933. The molecule has 0 bridgehead atoms. The zero-order chi connectivity index (χ0) is 28.5. The van der Waals surface area contributed by atoms with Crippen molar-refractivity contribution in [3.8, 4) is 17.4 Å². The Morgan fingerprint density at radius 2 is 1.95 bits per heavy atom. The van der Waals surface area contributed by atoms with E-state index >= 15 is 0 Å². The van der Waals surface area contributed by atoms with Crippen molar-refractivity contribution in [3.05, 3.63) is 53.7 Å². The van der Waals surface area contributed by atoms with Crippen LogP contribution in [0.3, 0.4) is 0 Å². The zero-order valence-electron chi connectivity index (χ0n) is 23.0. The van der Waals surface area contributed by atoms with Crippen LogP contribution in [0.25, 0.3) is 5.95 Å². The summed E-state index contributed by atoms with van der Waals surface area (Å²) in [4.78, 5) is 42.7. The molecule has 3 heterocycles. The van der Waals surface area contributed by atoms with Crippen molar-refractivity contribution in [2.24, 2.45) is 0 Å². The summed E-state index contributed by atoms with van der Waals surface area (Å²) in [6, 6.07) is 6.79. The van der Waals surface area contributed by atoms with E-state index in [1.807, 2.05) is 30.0 Å². The van der Waals surface area contributed by atoms with Gasteiger partial charge in [0.25, 0.3) is 0 Å². The van der Waals surface area contributed by atoms with E-state index in [1.165, 1.54) is 0 Å². The lowest BCUT2D eigenvalue weighted by Crippen LogP contribution is -2.58. The van der Waals surface area contributed by atoms with Crippen LogP contribution in [0.1, 0.15) is 25.3 Å². The quantitative estimate of drug-likeness (QED) is 0.337. The van der Waals surface area contributed by atoms with Gasteiger partial charge in [0.05, 0.1) is 20.3 Å². The molecule has 1 atom stereocenters. The van der Waals surface area contributed by atoms with Gasteiger partial charge in [0.15, 0.2) is 0 Å². The Kier molecular flexibility index (Phi) is 10.0. The number of ether oxygens (including phenoxy) is 2. The van der Waals surface area contributed by atoms with Gasteiger partial charge in [0.2, 0.25) is 11.9 Å². The molecule has 0 radical (unpaired) electrons. The number of anilines is 1. The van der Waals surface area contributed by atoms with E-state index in [0.717, 1.165) is 23.5 Å². The number of amides is 3. The molecule has 214 valence electrons. The predicted octanol–water partition coefficient (Wildman–Crippen LogP) is 2.69. The molecule has 1 fully saturated rings. The number of hydrogen-bond acceptors (Lipinski definition) is 8.